The molecule has 2 saturated heterocycles. The molecule has 0 bridgehead atoms. The van der Waals surface area contributed by atoms with Gasteiger partial charge in [-0.3, -0.25) is 9.89 Å². The topological polar surface area (TPSA) is 59.9 Å². The molecule has 0 spiro atoms. The first-order valence-corrected chi connectivity index (χ1v) is 10.9. The summed E-state index contributed by atoms with van der Waals surface area (Å²) in [7, 11) is 0. The van der Waals surface area contributed by atoms with E-state index < -0.39 is 5.60 Å². The Morgan fingerprint density at radius 1 is 1.35 bits per heavy atom. The maximum absolute atomic E-state index is 10.5. The summed E-state index contributed by atoms with van der Waals surface area (Å²) in [5.74, 6) is 2.65. The first-order valence-electron chi connectivity index (χ1n) is 9.79. The molecular weight excluding hydrogens is 344 g/mol. The molecule has 6 heteroatoms. The summed E-state index contributed by atoms with van der Waals surface area (Å²) >= 11 is 1.81. The molecule has 5 nitrogen and oxygen atoms in total. The molecule has 144 valence electrons. The van der Waals surface area contributed by atoms with E-state index in [0.29, 0.717) is 12.6 Å². The van der Waals surface area contributed by atoms with Gasteiger partial charge < -0.3 is 15.7 Å². The molecule has 0 aliphatic carbocycles. The molecule has 1 aromatic rings. The predicted molar refractivity (Wildman–Crippen MR) is 111 cm³/mol. The fraction of sp³-hybridized carbons (Fsp3) is 0.650. The van der Waals surface area contributed by atoms with Crippen molar-refractivity contribution in [3.05, 3.63) is 35.9 Å². The van der Waals surface area contributed by atoms with E-state index in [-0.39, 0.29) is 0 Å². The van der Waals surface area contributed by atoms with Crippen LogP contribution in [0, 0.1) is 0 Å². The van der Waals surface area contributed by atoms with Crippen molar-refractivity contribution >= 4 is 17.7 Å². The van der Waals surface area contributed by atoms with Gasteiger partial charge in [-0.25, -0.2) is 0 Å². The first kappa shape index (κ1) is 19.5. The van der Waals surface area contributed by atoms with Crippen molar-refractivity contribution in [1.29, 1.82) is 0 Å². The van der Waals surface area contributed by atoms with E-state index in [4.69, 9.17) is 0 Å². The molecule has 2 unspecified atom stereocenters. The molecule has 0 radical (unpaired) electrons. The zero-order chi connectivity index (χ0) is 18.2. The fourth-order valence-corrected chi connectivity index (χ4v) is 4.94. The van der Waals surface area contributed by atoms with Crippen LogP contribution in [0.15, 0.2) is 35.3 Å². The Labute approximate surface area is 161 Å². The van der Waals surface area contributed by atoms with Crippen LogP contribution in [-0.4, -0.2) is 65.3 Å². The van der Waals surface area contributed by atoms with Crippen molar-refractivity contribution in [3.63, 3.8) is 0 Å². The molecule has 2 heterocycles. The number of hydrogen-bond donors (Lipinski definition) is 3. The number of thioether (sulfide) groups is 1. The number of aliphatic hydroxyl groups is 1. The Morgan fingerprint density at radius 2 is 2.19 bits per heavy atom. The van der Waals surface area contributed by atoms with Crippen LogP contribution < -0.4 is 10.6 Å². The van der Waals surface area contributed by atoms with Gasteiger partial charge in [0.15, 0.2) is 5.96 Å². The molecule has 2 fully saturated rings. The van der Waals surface area contributed by atoms with E-state index in [1.165, 1.54) is 18.4 Å². The van der Waals surface area contributed by atoms with Gasteiger partial charge in [0.2, 0.25) is 0 Å². The van der Waals surface area contributed by atoms with Gasteiger partial charge in [-0.05, 0) is 44.0 Å². The molecule has 0 aromatic heterocycles. The van der Waals surface area contributed by atoms with Crippen LogP contribution in [0.25, 0.3) is 0 Å². The summed E-state index contributed by atoms with van der Waals surface area (Å²) in [5.41, 5.74) is 0.751. The van der Waals surface area contributed by atoms with Gasteiger partial charge in [-0.15, -0.1) is 0 Å². The Balaban J connectivity index is 1.52. The SMILES string of the molecule is CCNC(=NCC1(O)CCSC1)NCC1CCCN1Cc1ccccc1. The van der Waals surface area contributed by atoms with E-state index in [1.54, 1.807) is 0 Å². The van der Waals surface area contributed by atoms with Gasteiger partial charge in [0.1, 0.15) is 0 Å². The molecule has 3 rings (SSSR count). The van der Waals surface area contributed by atoms with Crippen LogP contribution in [0.5, 0.6) is 0 Å². The highest BCUT2D eigenvalue weighted by Gasteiger charge is 2.31. The molecule has 2 atom stereocenters. The number of likely N-dealkylation sites (tertiary alicyclic amines) is 1. The van der Waals surface area contributed by atoms with Gasteiger partial charge in [0, 0.05) is 31.4 Å². The highest BCUT2D eigenvalue weighted by atomic mass is 32.2. The molecule has 26 heavy (non-hydrogen) atoms. The van der Waals surface area contributed by atoms with Gasteiger partial charge >= 0.3 is 0 Å². The van der Waals surface area contributed by atoms with Crippen molar-refractivity contribution in [1.82, 2.24) is 15.5 Å². The van der Waals surface area contributed by atoms with Crippen LogP contribution in [0.1, 0.15) is 31.7 Å². The minimum Gasteiger partial charge on any atom is -0.387 e. The smallest absolute Gasteiger partial charge is 0.191 e. The van der Waals surface area contributed by atoms with E-state index in [1.807, 2.05) is 11.8 Å². The number of guanidine groups is 1. The van der Waals surface area contributed by atoms with Crippen molar-refractivity contribution in [2.75, 3.05) is 37.7 Å². The summed E-state index contributed by atoms with van der Waals surface area (Å²) in [5, 5.41) is 17.3. The van der Waals surface area contributed by atoms with Gasteiger partial charge in [0.25, 0.3) is 0 Å². The molecule has 2 aliphatic heterocycles. The van der Waals surface area contributed by atoms with Gasteiger partial charge in [-0.1, -0.05) is 30.3 Å². The largest absolute Gasteiger partial charge is 0.387 e. The normalized spacial score (nSPS) is 27.0. The molecule has 0 amide bonds. The van der Waals surface area contributed by atoms with E-state index in [0.717, 1.165) is 50.1 Å². The van der Waals surface area contributed by atoms with Crippen molar-refractivity contribution in [2.45, 2.75) is 44.4 Å². The zero-order valence-electron chi connectivity index (χ0n) is 15.8. The third kappa shape index (κ3) is 5.63. The highest BCUT2D eigenvalue weighted by Crippen LogP contribution is 2.27. The van der Waals surface area contributed by atoms with E-state index in [9.17, 15) is 5.11 Å². The predicted octanol–water partition coefficient (Wildman–Crippen LogP) is 2.07. The molecule has 1 aromatic carbocycles. The Kier molecular flexibility index (Phi) is 7.23. The van der Waals surface area contributed by atoms with Crippen LogP contribution in [0.4, 0.5) is 0 Å². The minimum absolute atomic E-state index is 0.480. The average molecular weight is 377 g/mol. The standard InChI is InChI=1S/C20H32N4OS/c1-2-21-19(23-15-20(25)10-12-26-16-20)22-13-18-9-6-11-24(18)14-17-7-4-3-5-8-17/h3-5,7-8,18,25H,2,6,9-16H2,1H3,(H2,21,22,23). The Hall–Kier alpha value is -1.24. The van der Waals surface area contributed by atoms with Gasteiger partial charge in [-0.2, -0.15) is 11.8 Å². The third-order valence-electron chi connectivity index (χ3n) is 5.19. The lowest BCUT2D eigenvalue weighted by Gasteiger charge is -2.26. The first-order chi connectivity index (χ1) is 12.7. The number of rotatable bonds is 7. The van der Waals surface area contributed by atoms with Crippen LogP contribution in [0.3, 0.4) is 0 Å². The summed E-state index contributed by atoms with van der Waals surface area (Å²) in [6.45, 7) is 6.45. The summed E-state index contributed by atoms with van der Waals surface area (Å²) in [6, 6.07) is 11.2. The maximum Gasteiger partial charge on any atom is 0.191 e. The Morgan fingerprint density at radius 3 is 2.92 bits per heavy atom. The lowest BCUT2D eigenvalue weighted by molar-refractivity contribution is 0.0778. The number of benzene rings is 1. The second-order valence-electron chi connectivity index (χ2n) is 7.36. The fourth-order valence-electron chi connectivity index (χ4n) is 3.66. The van der Waals surface area contributed by atoms with Crippen LogP contribution in [-0.2, 0) is 6.54 Å². The van der Waals surface area contributed by atoms with Crippen molar-refractivity contribution in [3.8, 4) is 0 Å². The number of nitrogens with zero attached hydrogens (tertiary/aromatic N) is 2. The van der Waals surface area contributed by atoms with Gasteiger partial charge in [0.05, 0.1) is 12.1 Å². The molecule has 0 saturated carbocycles. The maximum atomic E-state index is 10.5. The van der Waals surface area contributed by atoms with Crippen LogP contribution in [0.2, 0.25) is 0 Å². The van der Waals surface area contributed by atoms with E-state index >= 15 is 0 Å². The Bertz CT molecular complexity index is 574. The quantitative estimate of drug-likeness (QED) is 0.502. The zero-order valence-corrected chi connectivity index (χ0v) is 16.6. The van der Waals surface area contributed by atoms with Crippen molar-refractivity contribution in [2.24, 2.45) is 4.99 Å². The monoisotopic (exact) mass is 376 g/mol. The third-order valence-corrected chi connectivity index (χ3v) is 6.43. The average Bonchev–Trinajstić information content (AvgIpc) is 3.28. The lowest BCUT2D eigenvalue weighted by atomic mass is 10.1. The second kappa shape index (κ2) is 9.62. The second-order valence-corrected chi connectivity index (χ2v) is 8.46. The minimum atomic E-state index is -0.625. The number of aliphatic imine (C=N–C) groups is 1. The summed E-state index contributed by atoms with van der Waals surface area (Å²) in [4.78, 5) is 7.21. The highest BCUT2D eigenvalue weighted by molar-refractivity contribution is 7.99. The molecule has 2 aliphatic rings. The number of nitrogens with one attached hydrogen (secondary N) is 2. The lowest BCUT2D eigenvalue weighted by Crippen LogP contribution is -2.45. The number of hydrogen-bond acceptors (Lipinski definition) is 4. The molecular formula is C20H32N4OS. The summed E-state index contributed by atoms with van der Waals surface area (Å²) in [6.07, 6.45) is 3.32. The van der Waals surface area contributed by atoms with E-state index in [2.05, 4.69) is 57.8 Å². The van der Waals surface area contributed by atoms with Crippen molar-refractivity contribution < 1.29 is 5.11 Å². The molecule has 3 N–H and O–H groups in total. The summed E-state index contributed by atoms with van der Waals surface area (Å²) < 4.78 is 0. The van der Waals surface area contributed by atoms with Crippen LogP contribution >= 0.6 is 11.8 Å².